The van der Waals surface area contributed by atoms with E-state index in [1.54, 1.807) is 0 Å². The van der Waals surface area contributed by atoms with Crippen molar-refractivity contribution in [3.63, 3.8) is 0 Å². The van der Waals surface area contributed by atoms with Gasteiger partial charge in [0.1, 0.15) is 0 Å². The minimum Gasteiger partial charge on any atom is -0.284 e. The minimum atomic E-state index is -1.35. The van der Waals surface area contributed by atoms with Gasteiger partial charge in [-0.15, -0.1) is 0 Å². The molecule has 0 unspecified atom stereocenters. The standard InChI is InChI=1S/C5HNO4.Os/c7-2-1-6-5(10)4(9)3(2)8;/h1H;. The van der Waals surface area contributed by atoms with Gasteiger partial charge in [-0.1, -0.05) is 0 Å². The molecule has 1 aromatic rings. The van der Waals surface area contributed by atoms with Gasteiger partial charge in [0.25, 0.3) is 10.9 Å². The average molecular weight is 329 g/mol. The summed E-state index contributed by atoms with van der Waals surface area (Å²) in [6.45, 7) is 0. The molecule has 1 rings (SSSR count). The molecule has 5 nitrogen and oxygen atoms in total. The van der Waals surface area contributed by atoms with Crippen LogP contribution in [-0.4, -0.2) is 4.98 Å². The van der Waals surface area contributed by atoms with Crippen molar-refractivity contribution in [1.82, 2.24) is 4.98 Å². The van der Waals surface area contributed by atoms with Gasteiger partial charge in [-0.3, -0.25) is 19.2 Å². The van der Waals surface area contributed by atoms with E-state index in [4.69, 9.17) is 0 Å². The number of hydrogen-bond donors (Lipinski definition) is 0. The maximum absolute atomic E-state index is 10.3. The minimum absolute atomic E-state index is 0. The summed E-state index contributed by atoms with van der Waals surface area (Å²) in [6, 6.07) is 0. The Morgan fingerprint density at radius 2 is 1.55 bits per heavy atom. The first-order valence-corrected chi connectivity index (χ1v) is 2.34. The van der Waals surface area contributed by atoms with E-state index in [1.165, 1.54) is 0 Å². The number of rotatable bonds is 0. The second-order valence-corrected chi connectivity index (χ2v) is 1.59. The van der Waals surface area contributed by atoms with Crippen LogP contribution in [0.25, 0.3) is 0 Å². The van der Waals surface area contributed by atoms with Crippen LogP contribution in [0.1, 0.15) is 0 Å². The summed E-state index contributed by atoms with van der Waals surface area (Å²) < 4.78 is 0. The Kier molecular flexibility index (Phi) is 3.09. The molecule has 1 aromatic heterocycles. The van der Waals surface area contributed by atoms with Crippen molar-refractivity contribution in [2.45, 2.75) is 0 Å². The molecule has 0 aromatic carbocycles. The summed E-state index contributed by atoms with van der Waals surface area (Å²) in [5, 5.41) is 0. The van der Waals surface area contributed by atoms with Crippen molar-refractivity contribution in [1.29, 1.82) is 0 Å². The quantitative estimate of drug-likeness (QED) is 0.488. The van der Waals surface area contributed by atoms with Crippen molar-refractivity contribution >= 4 is 0 Å². The Hall–Kier alpha value is -1.01. The van der Waals surface area contributed by atoms with E-state index in [0.29, 0.717) is 6.20 Å². The molecular formula is C5HNO4Os. The van der Waals surface area contributed by atoms with Gasteiger partial charge in [-0.2, -0.15) is 0 Å². The van der Waals surface area contributed by atoms with E-state index in [-0.39, 0.29) is 19.8 Å². The maximum atomic E-state index is 10.3. The van der Waals surface area contributed by atoms with Crippen molar-refractivity contribution in [3.05, 3.63) is 47.2 Å². The molecule has 0 bridgehead atoms. The zero-order valence-electron chi connectivity index (χ0n) is 5.01. The Bertz CT molecular complexity index is 402. The fourth-order valence-electron chi connectivity index (χ4n) is 0.444. The summed E-state index contributed by atoms with van der Waals surface area (Å²) in [7, 11) is 0. The summed E-state index contributed by atoms with van der Waals surface area (Å²) in [6.07, 6.45) is 0.548. The van der Waals surface area contributed by atoms with Crippen LogP contribution in [0.3, 0.4) is 0 Å². The number of aromatic nitrogens is 1. The number of nitrogens with zero attached hydrogens (tertiary/aromatic N) is 1. The Morgan fingerprint density at radius 1 is 1.00 bits per heavy atom. The second kappa shape index (κ2) is 3.40. The number of pyridine rings is 1. The third kappa shape index (κ3) is 1.72. The molecule has 1 heterocycles. The van der Waals surface area contributed by atoms with Gasteiger partial charge in [0.15, 0.2) is 0 Å². The first kappa shape index (κ1) is 9.99. The first-order chi connectivity index (χ1) is 4.63. The first-order valence-electron chi connectivity index (χ1n) is 2.34. The van der Waals surface area contributed by atoms with Crippen LogP contribution < -0.4 is 21.8 Å². The Balaban J connectivity index is 0.000001000. The molecule has 0 N–H and O–H groups in total. The molecule has 6 heteroatoms. The van der Waals surface area contributed by atoms with Crippen molar-refractivity contribution in [2.24, 2.45) is 0 Å². The molecule has 0 atom stereocenters. The SMILES string of the molecule is O=c1cnc(=O)c(=O)c1=O.[Os]. The molecule has 0 radical (unpaired) electrons. The van der Waals surface area contributed by atoms with Gasteiger partial charge in [0, 0.05) is 19.8 Å². The van der Waals surface area contributed by atoms with Gasteiger partial charge in [0.05, 0.1) is 6.20 Å². The van der Waals surface area contributed by atoms with Crippen LogP contribution in [0.4, 0.5) is 0 Å². The predicted octanol–water partition coefficient (Wildman–Crippen LogP) is -2.60. The third-order valence-corrected chi connectivity index (χ3v) is 0.923. The maximum Gasteiger partial charge on any atom is 0.321 e. The fraction of sp³-hybridized carbons (Fsp3) is 0. The molecule has 0 aliphatic rings. The zero-order valence-corrected chi connectivity index (χ0v) is 7.55. The van der Waals surface area contributed by atoms with Gasteiger partial charge in [-0.05, 0) is 0 Å². The van der Waals surface area contributed by atoms with Crippen molar-refractivity contribution in [2.75, 3.05) is 0 Å². The fourth-order valence-corrected chi connectivity index (χ4v) is 0.444. The third-order valence-electron chi connectivity index (χ3n) is 0.923. The van der Waals surface area contributed by atoms with E-state index in [0.717, 1.165) is 0 Å². The smallest absolute Gasteiger partial charge is 0.284 e. The monoisotopic (exact) mass is 331 g/mol. The predicted molar refractivity (Wildman–Crippen MR) is 31.7 cm³/mol. The second-order valence-electron chi connectivity index (χ2n) is 1.59. The van der Waals surface area contributed by atoms with Crippen LogP contribution >= 0.6 is 0 Å². The summed E-state index contributed by atoms with van der Waals surface area (Å²) in [5.74, 6) is 0. The van der Waals surface area contributed by atoms with Crippen LogP contribution in [0.15, 0.2) is 25.4 Å². The molecule has 0 saturated carbocycles. The van der Waals surface area contributed by atoms with Gasteiger partial charge in [-0.25, -0.2) is 4.98 Å². The van der Waals surface area contributed by atoms with Gasteiger partial charge < -0.3 is 0 Å². The molecule has 0 spiro atoms. The number of hydrogen-bond acceptors (Lipinski definition) is 5. The van der Waals surface area contributed by atoms with E-state index >= 15 is 0 Å². The average Bonchev–Trinajstić information content (AvgIpc) is 1.93. The molecule has 58 valence electrons. The summed E-state index contributed by atoms with van der Waals surface area (Å²) in [5.41, 5.74) is -4.87. The summed E-state index contributed by atoms with van der Waals surface area (Å²) >= 11 is 0. The van der Waals surface area contributed by atoms with Gasteiger partial charge in [0.2, 0.25) is 5.43 Å². The van der Waals surface area contributed by atoms with Crippen molar-refractivity contribution in [3.8, 4) is 0 Å². The zero-order chi connectivity index (χ0) is 7.72. The normalized spacial score (nSPS) is 8.73. The van der Waals surface area contributed by atoms with Gasteiger partial charge >= 0.3 is 5.56 Å². The molecule has 0 amide bonds. The largest absolute Gasteiger partial charge is 0.321 e. The molecule has 0 aliphatic carbocycles. The topological polar surface area (TPSA) is 81.2 Å². The Labute approximate surface area is 72.5 Å². The molecular weight excluding hydrogens is 328 g/mol. The molecule has 11 heavy (non-hydrogen) atoms. The molecule has 0 aliphatic heterocycles. The van der Waals surface area contributed by atoms with E-state index < -0.39 is 21.8 Å². The summed E-state index contributed by atoms with van der Waals surface area (Å²) in [4.78, 5) is 44.0. The Morgan fingerprint density at radius 3 is 2.00 bits per heavy atom. The van der Waals surface area contributed by atoms with Crippen LogP contribution in [0.5, 0.6) is 0 Å². The van der Waals surface area contributed by atoms with E-state index in [1.807, 2.05) is 0 Å². The van der Waals surface area contributed by atoms with E-state index in [9.17, 15) is 19.2 Å². The van der Waals surface area contributed by atoms with Crippen LogP contribution in [-0.2, 0) is 19.8 Å². The van der Waals surface area contributed by atoms with Crippen LogP contribution in [0.2, 0.25) is 0 Å². The van der Waals surface area contributed by atoms with Crippen molar-refractivity contribution < 1.29 is 19.8 Å². The van der Waals surface area contributed by atoms with Crippen LogP contribution in [0, 0.1) is 0 Å². The van der Waals surface area contributed by atoms with E-state index in [2.05, 4.69) is 4.98 Å². The molecule has 0 fully saturated rings. The molecule has 0 saturated heterocycles.